The van der Waals surface area contributed by atoms with Gasteiger partial charge in [0, 0.05) is 13.8 Å². The first-order chi connectivity index (χ1) is 18.8. The van der Waals surface area contributed by atoms with Gasteiger partial charge in [-0.05, 0) is 6.92 Å². The number of amides is 2. The lowest BCUT2D eigenvalue weighted by Crippen LogP contribution is -2.68. The molecule has 40 heavy (non-hydrogen) atoms. The molecule has 3 aliphatic heterocycles. The summed E-state index contributed by atoms with van der Waals surface area (Å²) in [5, 5.41) is 86.4. The summed E-state index contributed by atoms with van der Waals surface area (Å²) in [5.41, 5.74) is 0. The van der Waals surface area contributed by atoms with Gasteiger partial charge in [-0.25, -0.2) is 0 Å². The molecule has 0 spiro atoms. The Bertz CT molecular complexity index is 851. The number of ether oxygens (including phenoxy) is 5. The number of aliphatic hydroxyl groups is 8. The van der Waals surface area contributed by atoms with E-state index in [4.69, 9.17) is 23.7 Å². The van der Waals surface area contributed by atoms with Gasteiger partial charge < -0.3 is 75.2 Å². The molecule has 3 heterocycles. The van der Waals surface area contributed by atoms with Crippen molar-refractivity contribution in [2.75, 3.05) is 19.8 Å². The maximum atomic E-state index is 11.9. The highest BCUT2D eigenvalue weighted by molar-refractivity contribution is 5.73. The standard InChI is InChI=1S/C23H40N2O15/c1-7-13(24-8(2)28)21(40-23-20(35)19(34)16(31)11(5-27)39-23)17(32)12(37-7)6-36-22-14(25-9(3)29)18(33)15(30)10(4-26)38-22/h7,10-23,26-27,30-35H,4-6H2,1-3H3,(H,24,28)(H,25,29)/t7-,10?,11?,12?,13?,14?,15-,16-,17-,18+,19-,20?,21+,22+,23-/m0/s1. The number of carbonyl (C=O) groups excluding carboxylic acids is 2. The molecule has 3 fully saturated rings. The van der Waals surface area contributed by atoms with Crippen molar-refractivity contribution < 1.29 is 74.1 Å². The van der Waals surface area contributed by atoms with E-state index in [0.717, 1.165) is 0 Å². The van der Waals surface area contributed by atoms with Gasteiger partial charge in [-0.2, -0.15) is 0 Å². The van der Waals surface area contributed by atoms with E-state index in [1.54, 1.807) is 6.92 Å². The van der Waals surface area contributed by atoms with Crippen molar-refractivity contribution in [2.24, 2.45) is 0 Å². The molecule has 2 amide bonds. The summed E-state index contributed by atoms with van der Waals surface area (Å²) in [6.07, 6.45) is -18.8. The van der Waals surface area contributed by atoms with Gasteiger partial charge in [0.1, 0.15) is 67.1 Å². The highest BCUT2D eigenvalue weighted by atomic mass is 16.7. The SMILES string of the molecule is CC(=O)NC1[C@H](OCC2O[C@@H](C)C(NC(C)=O)[C@@H](O[C@@H]3OC(CO)[C@H](O)[C@H](O)C3O)[C@H]2O)OC(CO)[C@H](O)[C@@H]1O. The fourth-order valence-electron chi connectivity index (χ4n) is 5.01. The molecule has 15 atom stereocenters. The third-order valence-corrected chi connectivity index (χ3v) is 7.15. The van der Waals surface area contributed by atoms with Crippen LogP contribution < -0.4 is 10.6 Å². The number of hydrogen-bond acceptors (Lipinski definition) is 15. The van der Waals surface area contributed by atoms with E-state index in [2.05, 4.69) is 10.6 Å². The van der Waals surface area contributed by atoms with Gasteiger partial charge in [0.05, 0.1) is 32.0 Å². The maximum absolute atomic E-state index is 11.9. The smallest absolute Gasteiger partial charge is 0.217 e. The Balaban J connectivity index is 1.78. The van der Waals surface area contributed by atoms with Crippen LogP contribution >= 0.6 is 0 Å². The molecule has 0 aromatic heterocycles. The first-order valence-corrected chi connectivity index (χ1v) is 12.9. The monoisotopic (exact) mass is 584 g/mol. The molecule has 3 aliphatic rings. The van der Waals surface area contributed by atoms with Crippen LogP contribution in [-0.4, -0.2) is 164 Å². The van der Waals surface area contributed by atoms with Crippen molar-refractivity contribution in [1.29, 1.82) is 0 Å². The fraction of sp³-hybridized carbons (Fsp3) is 0.913. The predicted octanol–water partition coefficient (Wildman–Crippen LogP) is -6.22. The third kappa shape index (κ3) is 7.24. The van der Waals surface area contributed by atoms with Crippen molar-refractivity contribution in [1.82, 2.24) is 10.6 Å². The van der Waals surface area contributed by atoms with Crippen LogP contribution in [0, 0.1) is 0 Å². The van der Waals surface area contributed by atoms with E-state index >= 15 is 0 Å². The molecule has 0 radical (unpaired) electrons. The van der Waals surface area contributed by atoms with Crippen molar-refractivity contribution >= 4 is 11.8 Å². The molecule has 0 aromatic carbocycles. The van der Waals surface area contributed by atoms with Crippen molar-refractivity contribution in [3.63, 3.8) is 0 Å². The Morgan fingerprint density at radius 3 is 1.75 bits per heavy atom. The predicted molar refractivity (Wildman–Crippen MR) is 128 cm³/mol. The van der Waals surface area contributed by atoms with E-state index in [9.17, 15) is 50.4 Å². The van der Waals surface area contributed by atoms with Gasteiger partial charge in [-0.3, -0.25) is 9.59 Å². The number of aliphatic hydroxyl groups excluding tert-OH is 8. The summed E-state index contributed by atoms with van der Waals surface area (Å²) >= 11 is 0. The minimum absolute atomic E-state index is 0.436. The third-order valence-electron chi connectivity index (χ3n) is 7.15. The van der Waals surface area contributed by atoms with Crippen LogP contribution in [0.5, 0.6) is 0 Å². The Labute approximate surface area is 229 Å². The maximum Gasteiger partial charge on any atom is 0.217 e. The van der Waals surface area contributed by atoms with Gasteiger partial charge in [-0.15, -0.1) is 0 Å². The van der Waals surface area contributed by atoms with E-state index in [1.807, 2.05) is 0 Å². The Hall–Kier alpha value is -1.58. The second kappa shape index (κ2) is 14.1. The second-order valence-electron chi connectivity index (χ2n) is 10.2. The van der Waals surface area contributed by atoms with Crippen LogP contribution in [-0.2, 0) is 33.3 Å². The Morgan fingerprint density at radius 1 is 0.675 bits per heavy atom. The highest BCUT2D eigenvalue weighted by Gasteiger charge is 2.51. The van der Waals surface area contributed by atoms with Gasteiger partial charge in [0.2, 0.25) is 11.8 Å². The molecule has 6 unspecified atom stereocenters. The summed E-state index contributed by atoms with van der Waals surface area (Å²) in [6.45, 7) is 2.14. The molecular formula is C23H40N2O15. The number of carbonyl (C=O) groups is 2. The van der Waals surface area contributed by atoms with Gasteiger partial charge >= 0.3 is 0 Å². The number of rotatable bonds is 9. The molecule has 0 bridgehead atoms. The Kier molecular flexibility index (Phi) is 11.6. The highest BCUT2D eigenvalue weighted by Crippen LogP contribution is 2.30. The first kappa shape index (κ1) is 32.9. The summed E-state index contributed by atoms with van der Waals surface area (Å²) in [5.74, 6) is -1.06. The van der Waals surface area contributed by atoms with Crippen LogP contribution in [0.3, 0.4) is 0 Å². The summed E-state index contributed by atoms with van der Waals surface area (Å²) < 4.78 is 28.3. The zero-order chi connectivity index (χ0) is 29.9. The largest absolute Gasteiger partial charge is 0.394 e. The lowest BCUT2D eigenvalue weighted by molar-refractivity contribution is -0.334. The molecule has 0 aliphatic carbocycles. The molecule has 232 valence electrons. The number of hydrogen-bond donors (Lipinski definition) is 10. The van der Waals surface area contributed by atoms with Gasteiger partial charge in [-0.1, -0.05) is 0 Å². The quantitative estimate of drug-likeness (QED) is 0.121. The molecular weight excluding hydrogens is 544 g/mol. The summed E-state index contributed by atoms with van der Waals surface area (Å²) in [4.78, 5) is 23.6. The van der Waals surface area contributed by atoms with Crippen LogP contribution in [0.25, 0.3) is 0 Å². The second-order valence-corrected chi connectivity index (χ2v) is 10.2. The van der Waals surface area contributed by atoms with Crippen LogP contribution in [0.15, 0.2) is 0 Å². The van der Waals surface area contributed by atoms with Crippen LogP contribution in [0.1, 0.15) is 20.8 Å². The van der Waals surface area contributed by atoms with Crippen molar-refractivity contribution in [3.05, 3.63) is 0 Å². The minimum Gasteiger partial charge on any atom is -0.394 e. The van der Waals surface area contributed by atoms with E-state index in [1.165, 1.54) is 13.8 Å². The zero-order valence-electron chi connectivity index (χ0n) is 22.2. The molecule has 17 heteroatoms. The minimum atomic E-state index is -1.78. The van der Waals surface area contributed by atoms with Crippen LogP contribution in [0.2, 0.25) is 0 Å². The molecule has 0 aromatic rings. The molecule has 3 saturated heterocycles. The average Bonchev–Trinajstić information content (AvgIpc) is 2.90. The molecule has 0 saturated carbocycles. The van der Waals surface area contributed by atoms with Crippen molar-refractivity contribution in [3.8, 4) is 0 Å². The van der Waals surface area contributed by atoms with E-state index in [0.29, 0.717) is 0 Å². The fourth-order valence-corrected chi connectivity index (χ4v) is 5.01. The Morgan fingerprint density at radius 2 is 1.20 bits per heavy atom. The normalized spacial score (nSPS) is 46.0. The lowest BCUT2D eigenvalue weighted by atomic mass is 9.92. The molecule has 10 N–H and O–H groups in total. The lowest BCUT2D eigenvalue weighted by Gasteiger charge is -2.48. The zero-order valence-corrected chi connectivity index (χ0v) is 22.2. The summed E-state index contributed by atoms with van der Waals surface area (Å²) in [7, 11) is 0. The van der Waals surface area contributed by atoms with Crippen molar-refractivity contribution in [2.45, 2.75) is 113 Å². The topological polar surface area (TPSA) is 266 Å². The van der Waals surface area contributed by atoms with Gasteiger partial charge in [0.25, 0.3) is 0 Å². The van der Waals surface area contributed by atoms with E-state index in [-0.39, 0.29) is 0 Å². The summed E-state index contributed by atoms with van der Waals surface area (Å²) in [6, 6.07) is -2.24. The van der Waals surface area contributed by atoms with Gasteiger partial charge in [0.15, 0.2) is 12.6 Å². The van der Waals surface area contributed by atoms with Crippen LogP contribution in [0.4, 0.5) is 0 Å². The molecule has 3 rings (SSSR count). The molecule has 17 nitrogen and oxygen atoms in total. The first-order valence-electron chi connectivity index (χ1n) is 12.9. The van der Waals surface area contributed by atoms with E-state index < -0.39 is 123 Å². The average molecular weight is 585 g/mol. The number of nitrogens with one attached hydrogen (secondary N) is 2.